The van der Waals surface area contributed by atoms with Crippen molar-refractivity contribution in [2.45, 2.75) is 44.7 Å². The number of carbonyl (C=O) groups is 2. The number of benzene rings is 1. The second kappa shape index (κ2) is 10.9. The van der Waals surface area contributed by atoms with Gasteiger partial charge < -0.3 is 16.0 Å². The molecule has 0 saturated heterocycles. The van der Waals surface area contributed by atoms with Gasteiger partial charge in [-0.25, -0.2) is 10.5 Å². The highest BCUT2D eigenvalue weighted by Crippen LogP contribution is 2.27. The molecule has 3 rings (SSSR count). The zero-order valence-corrected chi connectivity index (χ0v) is 18.8. The summed E-state index contributed by atoms with van der Waals surface area (Å²) < 4.78 is 0. The number of aryl methyl sites for hydroxylation is 1. The molecule has 1 saturated carbocycles. The molecule has 1 fully saturated rings. The van der Waals surface area contributed by atoms with Crippen LogP contribution in [0.4, 0.5) is 17.5 Å². The molecule has 170 valence electrons. The normalized spacial score (nSPS) is 17.8. The molecule has 1 aromatic carbocycles. The molecule has 32 heavy (non-hydrogen) atoms. The molecule has 1 aliphatic rings. The van der Waals surface area contributed by atoms with E-state index in [-0.39, 0.29) is 23.9 Å². The summed E-state index contributed by atoms with van der Waals surface area (Å²) in [4.78, 5) is 37.3. The van der Waals surface area contributed by atoms with Gasteiger partial charge in [-0.15, -0.1) is 0 Å². The average molecular weight is 459 g/mol. The van der Waals surface area contributed by atoms with Gasteiger partial charge in [0.1, 0.15) is 5.02 Å². The summed E-state index contributed by atoms with van der Waals surface area (Å²) in [5, 5.41) is 9.86. The van der Waals surface area contributed by atoms with E-state index in [9.17, 15) is 9.59 Å². The van der Waals surface area contributed by atoms with Crippen molar-refractivity contribution in [1.29, 1.82) is 0 Å². The number of halogens is 1. The van der Waals surface area contributed by atoms with E-state index >= 15 is 0 Å². The Kier molecular flexibility index (Phi) is 8.02. The Morgan fingerprint density at radius 1 is 1.25 bits per heavy atom. The molecule has 0 aliphatic heterocycles. The number of carbonyl (C=O) groups excluding carboxylic acids is 2. The van der Waals surface area contributed by atoms with Crippen LogP contribution in [0.15, 0.2) is 37.1 Å². The van der Waals surface area contributed by atoms with Crippen molar-refractivity contribution >= 4 is 40.9 Å². The highest BCUT2D eigenvalue weighted by molar-refractivity contribution is 6.32. The van der Waals surface area contributed by atoms with E-state index in [2.05, 4.69) is 42.8 Å². The van der Waals surface area contributed by atoms with E-state index in [4.69, 9.17) is 11.6 Å². The van der Waals surface area contributed by atoms with Crippen LogP contribution in [0.5, 0.6) is 0 Å². The third-order valence-corrected chi connectivity index (χ3v) is 5.56. The van der Waals surface area contributed by atoms with Crippen molar-refractivity contribution in [3.05, 3.63) is 53.2 Å². The first-order chi connectivity index (χ1) is 15.4. The molecular formula is C22H27ClN6O3. The monoisotopic (exact) mass is 458 g/mol. The lowest BCUT2D eigenvalue weighted by molar-refractivity contribution is -0.117. The Morgan fingerprint density at radius 2 is 2.00 bits per heavy atom. The molecule has 1 aliphatic carbocycles. The molecule has 1 heterocycles. The van der Waals surface area contributed by atoms with Crippen LogP contribution in [-0.4, -0.2) is 41.0 Å². The summed E-state index contributed by atoms with van der Waals surface area (Å²) >= 11 is 6.35. The van der Waals surface area contributed by atoms with Crippen LogP contribution in [0.2, 0.25) is 5.02 Å². The predicted molar refractivity (Wildman–Crippen MR) is 124 cm³/mol. The van der Waals surface area contributed by atoms with Crippen molar-refractivity contribution < 1.29 is 14.4 Å². The fourth-order valence-electron chi connectivity index (χ4n) is 3.59. The smallest absolute Gasteiger partial charge is 0.274 e. The molecule has 4 N–H and O–H groups in total. The highest BCUT2D eigenvalue weighted by Gasteiger charge is 2.27. The molecule has 2 amide bonds. The molecule has 0 radical (unpaired) electrons. The lowest BCUT2D eigenvalue weighted by Crippen LogP contribution is -2.48. The predicted octanol–water partition coefficient (Wildman–Crippen LogP) is 3.50. The first-order valence-corrected chi connectivity index (χ1v) is 10.7. The Labute approximate surface area is 192 Å². The van der Waals surface area contributed by atoms with Gasteiger partial charge in [-0.05, 0) is 43.5 Å². The Hall–Kier alpha value is -3.17. The number of hydroxylamine groups is 1. The summed E-state index contributed by atoms with van der Waals surface area (Å²) in [5.41, 5.74) is 4.31. The van der Waals surface area contributed by atoms with Gasteiger partial charge in [0.05, 0.1) is 13.3 Å². The van der Waals surface area contributed by atoms with Gasteiger partial charge in [0.25, 0.3) is 5.91 Å². The lowest BCUT2D eigenvalue weighted by Gasteiger charge is -2.33. The molecule has 2 unspecified atom stereocenters. The van der Waals surface area contributed by atoms with Crippen LogP contribution in [0, 0.1) is 6.92 Å². The van der Waals surface area contributed by atoms with Crippen LogP contribution in [0.25, 0.3) is 0 Å². The maximum absolute atomic E-state index is 12.1. The molecule has 0 spiro atoms. The number of hydrogen-bond acceptors (Lipinski definition) is 7. The number of hydrogen-bond donors (Lipinski definition) is 4. The summed E-state index contributed by atoms with van der Waals surface area (Å²) in [6.07, 6.45) is 6.60. The van der Waals surface area contributed by atoms with Gasteiger partial charge in [0.15, 0.2) is 5.82 Å². The fourth-order valence-corrected chi connectivity index (χ4v) is 3.74. The topological polar surface area (TPSA) is 117 Å². The first kappa shape index (κ1) is 23.5. The van der Waals surface area contributed by atoms with Gasteiger partial charge in [-0.2, -0.15) is 4.98 Å². The molecule has 1 aromatic heterocycles. The molecule has 10 heteroatoms. The van der Waals surface area contributed by atoms with Crippen molar-refractivity contribution in [1.82, 2.24) is 20.8 Å². The van der Waals surface area contributed by atoms with Gasteiger partial charge in [0, 0.05) is 23.3 Å². The zero-order valence-electron chi connectivity index (χ0n) is 18.1. The Morgan fingerprint density at radius 3 is 2.72 bits per heavy atom. The zero-order chi connectivity index (χ0) is 23.1. The van der Waals surface area contributed by atoms with Crippen LogP contribution in [-0.2, 0) is 9.63 Å². The van der Waals surface area contributed by atoms with E-state index in [1.54, 1.807) is 12.1 Å². The van der Waals surface area contributed by atoms with Crippen LogP contribution in [0.1, 0.15) is 41.6 Å². The summed E-state index contributed by atoms with van der Waals surface area (Å²) in [5.74, 6) is 0.235. The number of amides is 2. The number of rotatable bonds is 8. The highest BCUT2D eigenvalue weighted by atomic mass is 35.5. The van der Waals surface area contributed by atoms with Gasteiger partial charge in [-0.3, -0.25) is 14.4 Å². The maximum Gasteiger partial charge on any atom is 0.274 e. The number of nitrogens with one attached hydrogen (secondary N) is 4. The van der Waals surface area contributed by atoms with Crippen LogP contribution >= 0.6 is 11.6 Å². The second-order valence-corrected chi connectivity index (χ2v) is 7.94. The standard InChI is InChI=1S/C22H27ClN6O3/c1-4-19(30)25-16-7-5-6-8-17(16)26-20-15(23)12-24-22(28-20)27-18-11-14(10-9-13(18)2)21(31)29-32-3/h4,9-12,16-17H,1,5-8H2,2-3H3,(H,25,30)(H,29,31)(H2,24,26,27,28). The van der Waals surface area contributed by atoms with E-state index in [1.807, 2.05) is 13.0 Å². The van der Waals surface area contributed by atoms with Crippen molar-refractivity contribution in [2.24, 2.45) is 0 Å². The molecular weight excluding hydrogens is 432 g/mol. The average Bonchev–Trinajstić information content (AvgIpc) is 2.78. The number of nitrogens with zero attached hydrogens (tertiary/aromatic N) is 2. The van der Waals surface area contributed by atoms with Gasteiger partial charge >= 0.3 is 0 Å². The minimum Gasteiger partial charge on any atom is -0.364 e. The van der Waals surface area contributed by atoms with Crippen LogP contribution in [0.3, 0.4) is 0 Å². The first-order valence-electron chi connectivity index (χ1n) is 10.3. The number of anilines is 3. The largest absolute Gasteiger partial charge is 0.364 e. The Bertz CT molecular complexity index is 1000. The van der Waals surface area contributed by atoms with Crippen LogP contribution < -0.4 is 21.4 Å². The summed E-state index contributed by atoms with van der Waals surface area (Å²) in [6, 6.07) is 5.14. The SMILES string of the molecule is C=CC(=O)NC1CCCCC1Nc1nc(Nc2cc(C(=O)NOC)ccc2C)ncc1Cl. The van der Waals surface area contributed by atoms with Crippen molar-refractivity contribution in [3.8, 4) is 0 Å². The van der Waals surface area contributed by atoms with E-state index in [0.717, 1.165) is 31.2 Å². The van der Waals surface area contributed by atoms with Gasteiger partial charge in [0.2, 0.25) is 11.9 Å². The molecule has 0 bridgehead atoms. The minimum atomic E-state index is -0.361. The molecule has 9 nitrogen and oxygen atoms in total. The number of aromatic nitrogens is 2. The lowest BCUT2D eigenvalue weighted by atomic mass is 9.90. The third-order valence-electron chi connectivity index (χ3n) is 5.29. The summed E-state index contributed by atoms with van der Waals surface area (Å²) in [6.45, 7) is 5.43. The van der Waals surface area contributed by atoms with E-state index in [1.165, 1.54) is 19.4 Å². The molecule has 2 atom stereocenters. The minimum absolute atomic E-state index is 0.0179. The fraction of sp³-hybridized carbons (Fsp3) is 0.364. The second-order valence-electron chi connectivity index (χ2n) is 7.53. The van der Waals surface area contributed by atoms with Crippen molar-refractivity contribution in [3.63, 3.8) is 0 Å². The quantitative estimate of drug-likeness (QED) is 0.353. The third kappa shape index (κ3) is 5.95. The summed E-state index contributed by atoms with van der Waals surface area (Å²) in [7, 11) is 1.38. The Balaban J connectivity index is 1.78. The molecule has 2 aromatic rings. The van der Waals surface area contributed by atoms with E-state index in [0.29, 0.717) is 28.0 Å². The van der Waals surface area contributed by atoms with Crippen molar-refractivity contribution in [2.75, 3.05) is 17.7 Å². The van der Waals surface area contributed by atoms with E-state index < -0.39 is 0 Å². The van der Waals surface area contributed by atoms with Gasteiger partial charge in [-0.1, -0.05) is 37.1 Å². The maximum atomic E-state index is 12.1.